The number of primary amides is 1. The van der Waals surface area contributed by atoms with Crippen LogP contribution in [-0.4, -0.2) is 5.91 Å². The first-order chi connectivity index (χ1) is 8.25. The molecule has 0 aliphatic carbocycles. The highest BCUT2D eigenvalue weighted by Gasteiger charge is 1.99. The van der Waals surface area contributed by atoms with Crippen molar-refractivity contribution < 1.29 is 4.79 Å². The van der Waals surface area contributed by atoms with Gasteiger partial charge in [0.05, 0.1) is 0 Å². The highest BCUT2D eigenvalue weighted by molar-refractivity contribution is 7.07. The molecule has 2 rings (SSSR count). The van der Waals surface area contributed by atoms with Gasteiger partial charge in [0.2, 0.25) is 5.91 Å². The standard InChI is InChI=1S/C13H14N2OS/c14-13(16)12-3-1-10(2-4-12)7-15-8-11-5-6-17-9-11/h1-6,9,15H,7-8H2,(H2,14,16). The van der Waals surface area contributed by atoms with Crippen molar-refractivity contribution in [3.05, 3.63) is 57.8 Å². The average molecular weight is 246 g/mol. The summed E-state index contributed by atoms with van der Waals surface area (Å²) in [6, 6.07) is 9.45. The first-order valence-corrected chi connectivity index (χ1v) is 6.30. The first-order valence-electron chi connectivity index (χ1n) is 5.36. The summed E-state index contributed by atoms with van der Waals surface area (Å²) in [6.07, 6.45) is 0. The molecule has 0 saturated carbocycles. The number of hydrogen-bond acceptors (Lipinski definition) is 3. The molecule has 0 atom stereocenters. The van der Waals surface area contributed by atoms with E-state index in [2.05, 4.69) is 22.1 Å². The van der Waals surface area contributed by atoms with Crippen molar-refractivity contribution in [1.29, 1.82) is 0 Å². The lowest BCUT2D eigenvalue weighted by Gasteiger charge is -2.04. The predicted octanol–water partition coefficient (Wildman–Crippen LogP) is 2.14. The lowest BCUT2D eigenvalue weighted by molar-refractivity contribution is 0.100. The Morgan fingerprint density at radius 3 is 2.41 bits per heavy atom. The molecule has 17 heavy (non-hydrogen) atoms. The number of rotatable bonds is 5. The Morgan fingerprint density at radius 1 is 1.12 bits per heavy atom. The van der Waals surface area contributed by atoms with E-state index in [-0.39, 0.29) is 5.91 Å². The molecule has 0 aliphatic rings. The van der Waals surface area contributed by atoms with Crippen LogP contribution in [-0.2, 0) is 13.1 Å². The molecule has 0 bridgehead atoms. The summed E-state index contributed by atoms with van der Waals surface area (Å²) in [6.45, 7) is 1.65. The first kappa shape index (κ1) is 11.8. The van der Waals surface area contributed by atoms with E-state index in [0.29, 0.717) is 5.56 Å². The van der Waals surface area contributed by atoms with Crippen LogP contribution in [0.3, 0.4) is 0 Å². The number of thiophene rings is 1. The Morgan fingerprint density at radius 2 is 1.82 bits per heavy atom. The van der Waals surface area contributed by atoms with Crippen LogP contribution in [0, 0.1) is 0 Å². The zero-order valence-corrected chi connectivity index (χ0v) is 10.2. The fourth-order valence-corrected chi connectivity index (χ4v) is 2.20. The van der Waals surface area contributed by atoms with Crippen LogP contribution >= 0.6 is 11.3 Å². The van der Waals surface area contributed by atoms with E-state index >= 15 is 0 Å². The van der Waals surface area contributed by atoms with E-state index in [4.69, 9.17) is 5.73 Å². The van der Waals surface area contributed by atoms with Gasteiger partial charge in [-0.05, 0) is 40.1 Å². The van der Waals surface area contributed by atoms with Gasteiger partial charge in [0.25, 0.3) is 0 Å². The van der Waals surface area contributed by atoms with E-state index in [1.807, 2.05) is 12.1 Å². The number of benzene rings is 1. The summed E-state index contributed by atoms with van der Waals surface area (Å²) in [5.74, 6) is -0.386. The molecule has 1 aromatic carbocycles. The number of amides is 1. The van der Waals surface area contributed by atoms with Crippen LogP contribution in [0.5, 0.6) is 0 Å². The molecule has 4 heteroatoms. The molecule has 0 saturated heterocycles. The molecule has 3 nitrogen and oxygen atoms in total. The van der Waals surface area contributed by atoms with Gasteiger partial charge in [0.15, 0.2) is 0 Å². The third-order valence-electron chi connectivity index (χ3n) is 2.48. The molecule has 1 amide bonds. The van der Waals surface area contributed by atoms with Crippen molar-refractivity contribution in [3.63, 3.8) is 0 Å². The topological polar surface area (TPSA) is 55.1 Å². The summed E-state index contributed by atoms with van der Waals surface area (Å²) >= 11 is 1.70. The van der Waals surface area contributed by atoms with Gasteiger partial charge in [-0.1, -0.05) is 12.1 Å². The van der Waals surface area contributed by atoms with Crippen LogP contribution in [0.25, 0.3) is 0 Å². The minimum atomic E-state index is -0.386. The second kappa shape index (κ2) is 5.61. The van der Waals surface area contributed by atoms with Gasteiger partial charge in [-0.3, -0.25) is 4.79 Å². The molecular weight excluding hydrogens is 232 g/mol. The predicted molar refractivity (Wildman–Crippen MR) is 69.8 cm³/mol. The number of nitrogens with two attached hydrogens (primary N) is 1. The van der Waals surface area contributed by atoms with Gasteiger partial charge < -0.3 is 11.1 Å². The minimum absolute atomic E-state index is 0.386. The van der Waals surface area contributed by atoms with Gasteiger partial charge in [-0.25, -0.2) is 0 Å². The molecule has 0 fully saturated rings. The zero-order valence-electron chi connectivity index (χ0n) is 9.35. The molecule has 0 radical (unpaired) electrons. The maximum atomic E-state index is 10.9. The summed E-state index contributed by atoms with van der Waals surface area (Å²) < 4.78 is 0. The van der Waals surface area contributed by atoms with E-state index < -0.39 is 0 Å². The number of carbonyl (C=O) groups is 1. The van der Waals surface area contributed by atoms with Crippen LogP contribution in [0.15, 0.2) is 41.1 Å². The third-order valence-corrected chi connectivity index (χ3v) is 3.21. The smallest absolute Gasteiger partial charge is 0.248 e. The summed E-state index contributed by atoms with van der Waals surface area (Å²) in [4.78, 5) is 10.9. The SMILES string of the molecule is NC(=O)c1ccc(CNCc2ccsc2)cc1. The molecule has 2 aromatic rings. The second-order valence-electron chi connectivity index (χ2n) is 3.80. The summed E-state index contributed by atoms with van der Waals surface area (Å²) in [5.41, 5.74) is 8.16. The molecule has 0 aliphatic heterocycles. The van der Waals surface area contributed by atoms with Crippen LogP contribution in [0.4, 0.5) is 0 Å². The van der Waals surface area contributed by atoms with E-state index in [0.717, 1.165) is 18.7 Å². The maximum absolute atomic E-state index is 10.9. The largest absolute Gasteiger partial charge is 0.366 e. The van der Waals surface area contributed by atoms with Gasteiger partial charge in [0, 0.05) is 18.7 Å². The molecule has 1 heterocycles. The molecule has 3 N–H and O–H groups in total. The number of carbonyl (C=O) groups excluding carboxylic acids is 1. The Hall–Kier alpha value is -1.65. The molecule has 88 valence electrons. The van der Waals surface area contributed by atoms with E-state index in [1.165, 1.54) is 5.56 Å². The van der Waals surface area contributed by atoms with Gasteiger partial charge in [0.1, 0.15) is 0 Å². The summed E-state index contributed by atoms with van der Waals surface area (Å²) in [7, 11) is 0. The Kier molecular flexibility index (Phi) is 3.90. The van der Waals surface area contributed by atoms with Crippen LogP contribution in [0.1, 0.15) is 21.5 Å². The quantitative estimate of drug-likeness (QED) is 0.849. The summed E-state index contributed by atoms with van der Waals surface area (Å²) in [5, 5.41) is 7.54. The van der Waals surface area contributed by atoms with Gasteiger partial charge >= 0.3 is 0 Å². The van der Waals surface area contributed by atoms with Crippen molar-refractivity contribution in [2.75, 3.05) is 0 Å². The van der Waals surface area contributed by atoms with Crippen molar-refractivity contribution in [3.8, 4) is 0 Å². The van der Waals surface area contributed by atoms with Gasteiger partial charge in [-0.15, -0.1) is 0 Å². The number of hydrogen-bond donors (Lipinski definition) is 2. The maximum Gasteiger partial charge on any atom is 0.248 e. The van der Waals surface area contributed by atoms with Crippen molar-refractivity contribution in [1.82, 2.24) is 5.32 Å². The zero-order chi connectivity index (χ0) is 12.1. The Bertz CT molecular complexity index is 477. The highest BCUT2D eigenvalue weighted by atomic mass is 32.1. The minimum Gasteiger partial charge on any atom is -0.366 e. The van der Waals surface area contributed by atoms with Crippen LogP contribution in [0.2, 0.25) is 0 Å². The van der Waals surface area contributed by atoms with E-state index in [1.54, 1.807) is 23.5 Å². The Balaban J connectivity index is 1.85. The Labute approximate surface area is 104 Å². The van der Waals surface area contributed by atoms with E-state index in [9.17, 15) is 4.79 Å². The highest BCUT2D eigenvalue weighted by Crippen LogP contribution is 2.07. The number of nitrogens with one attached hydrogen (secondary N) is 1. The van der Waals surface area contributed by atoms with Crippen molar-refractivity contribution in [2.45, 2.75) is 13.1 Å². The van der Waals surface area contributed by atoms with Crippen molar-refractivity contribution in [2.24, 2.45) is 5.73 Å². The monoisotopic (exact) mass is 246 g/mol. The molecule has 0 spiro atoms. The lowest BCUT2D eigenvalue weighted by Crippen LogP contribution is -2.13. The molecular formula is C13H14N2OS. The second-order valence-corrected chi connectivity index (χ2v) is 4.58. The lowest BCUT2D eigenvalue weighted by atomic mass is 10.1. The average Bonchev–Trinajstić information content (AvgIpc) is 2.83. The van der Waals surface area contributed by atoms with Crippen molar-refractivity contribution >= 4 is 17.2 Å². The third kappa shape index (κ3) is 3.41. The molecule has 0 unspecified atom stereocenters. The normalized spacial score (nSPS) is 10.4. The van der Waals surface area contributed by atoms with Gasteiger partial charge in [-0.2, -0.15) is 11.3 Å². The fourth-order valence-electron chi connectivity index (χ4n) is 1.53. The van der Waals surface area contributed by atoms with Crippen LogP contribution < -0.4 is 11.1 Å². The fraction of sp³-hybridized carbons (Fsp3) is 0.154. The molecule has 1 aromatic heterocycles.